The molecular formula is C23H30N6O2. The molecule has 0 aliphatic carbocycles. The Labute approximate surface area is 183 Å². The van der Waals surface area contributed by atoms with Crippen LogP contribution in [0.5, 0.6) is 5.88 Å². The third kappa shape index (κ3) is 5.45. The molecule has 0 spiro atoms. The second kappa shape index (κ2) is 9.98. The summed E-state index contributed by atoms with van der Waals surface area (Å²) in [5.41, 5.74) is 5.53. The lowest BCUT2D eigenvalue weighted by molar-refractivity contribution is 0.0290. The number of nitrogens with two attached hydrogens (primary N) is 1. The summed E-state index contributed by atoms with van der Waals surface area (Å²) in [7, 11) is 0. The molecule has 0 bridgehead atoms. The molecule has 2 aromatic heterocycles. The Morgan fingerprint density at radius 2 is 2.06 bits per heavy atom. The van der Waals surface area contributed by atoms with Gasteiger partial charge in [-0.3, -0.25) is 9.88 Å². The van der Waals surface area contributed by atoms with E-state index in [0.29, 0.717) is 23.3 Å². The van der Waals surface area contributed by atoms with E-state index in [-0.39, 0.29) is 6.61 Å². The normalized spacial score (nSPS) is 18.6. The van der Waals surface area contributed by atoms with Crippen molar-refractivity contribution in [2.45, 2.75) is 45.7 Å². The molecule has 4 rings (SSSR count). The lowest BCUT2D eigenvalue weighted by Crippen LogP contribution is -2.42. The Morgan fingerprint density at radius 1 is 1.23 bits per heavy atom. The van der Waals surface area contributed by atoms with Gasteiger partial charge < -0.3 is 15.3 Å². The molecule has 2 aliphatic rings. The maximum Gasteiger partial charge on any atom is 0.213 e. The molecule has 0 aromatic carbocycles. The van der Waals surface area contributed by atoms with Crippen molar-refractivity contribution in [3.63, 3.8) is 0 Å². The molecule has 2 aliphatic heterocycles. The first-order valence-corrected chi connectivity index (χ1v) is 10.8. The average molecular weight is 423 g/mol. The van der Waals surface area contributed by atoms with Gasteiger partial charge in [-0.2, -0.15) is 5.10 Å². The number of aryl methyl sites for hydroxylation is 1. The Hall–Kier alpha value is -2.84. The minimum atomic E-state index is 0.237. The summed E-state index contributed by atoms with van der Waals surface area (Å²) in [5.74, 6) is 6.09. The van der Waals surface area contributed by atoms with Crippen LogP contribution in [0.4, 0.5) is 5.69 Å². The van der Waals surface area contributed by atoms with Crippen molar-refractivity contribution < 1.29 is 9.47 Å². The molecule has 8 heteroatoms. The zero-order chi connectivity index (χ0) is 21.6. The van der Waals surface area contributed by atoms with E-state index in [2.05, 4.69) is 31.0 Å². The zero-order valence-electron chi connectivity index (χ0n) is 18.3. The Kier molecular flexibility index (Phi) is 6.89. The molecule has 0 atom stereocenters. The van der Waals surface area contributed by atoms with Gasteiger partial charge in [0.05, 0.1) is 17.6 Å². The maximum absolute atomic E-state index is 5.97. The summed E-state index contributed by atoms with van der Waals surface area (Å²) in [6.45, 7) is 7.73. The third-order valence-corrected chi connectivity index (χ3v) is 5.93. The van der Waals surface area contributed by atoms with Crippen molar-refractivity contribution >= 4 is 17.1 Å². The zero-order valence-corrected chi connectivity index (χ0v) is 18.3. The number of aromatic nitrogens is 2. The smallest absolute Gasteiger partial charge is 0.213 e. The van der Waals surface area contributed by atoms with Crippen molar-refractivity contribution in [2.75, 3.05) is 26.4 Å². The summed E-state index contributed by atoms with van der Waals surface area (Å²) >= 11 is 0. The van der Waals surface area contributed by atoms with Crippen LogP contribution in [0.25, 0.3) is 0 Å². The number of hydrazone groups is 1. The van der Waals surface area contributed by atoms with Gasteiger partial charge in [-0.25, -0.2) is 9.98 Å². The summed E-state index contributed by atoms with van der Waals surface area (Å²) in [6.07, 6.45) is 6.90. The van der Waals surface area contributed by atoms with E-state index >= 15 is 0 Å². The molecule has 4 heterocycles. The second-order valence-corrected chi connectivity index (χ2v) is 8.07. The summed E-state index contributed by atoms with van der Waals surface area (Å²) in [6, 6.07) is 6.50. The molecule has 0 saturated carbocycles. The molecule has 31 heavy (non-hydrogen) atoms. The number of hydrogen-bond donors (Lipinski definition) is 1. The van der Waals surface area contributed by atoms with Crippen molar-refractivity contribution in [1.29, 1.82) is 0 Å². The number of rotatable bonds is 6. The van der Waals surface area contributed by atoms with Gasteiger partial charge >= 0.3 is 0 Å². The van der Waals surface area contributed by atoms with Crippen molar-refractivity contribution in [1.82, 2.24) is 14.9 Å². The summed E-state index contributed by atoms with van der Waals surface area (Å²) in [4.78, 5) is 16.0. The standard InChI is InChI=1S/C23H30N6O2/c1-16-3-4-20(13-25-16)27-22(17(2)28-24)15-31-23-11-18-5-8-29(14-19(18)12-26-23)21-6-9-30-10-7-21/h3-4,11-13,21H,5-10,14-15,24H2,1-2H3/b27-22?,28-17-. The van der Waals surface area contributed by atoms with Crippen LogP contribution in [0.2, 0.25) is 0 Å². The van der Waals surface area contributed by atoms with Gasteiger partial charge in [-0.15, -0.1) is 0 Å². The first-order chi connectivity index (χ1) is 15.1. The molecule has 164 valence electrons. The average Bonchev–Trinajstić information content (AvgIpc) is 2.82. The van der Waals surface area contributed by atoms with Gasteiger partial charge in [-0.05, 0) is 56.4 Å². The quantitative estimate of drug-likeness (QED) is 0.437. The Morgan fingerprint density at radius 3 is 2.81 bits per heavy atom. The minimum Gasteiger partial charge on any atom is -0.471 e. The molecular weight excluding hydrogens is 392 g/mol. The van der Waals surface area contributed by atoms with Gasteiger partial charge in [0.1, 0.15) is 12.3 Å². The summed E-state index contributed by atoms with van der Waals surface area (Å²) < 4.78 is 11.5. The van der Waals surface area contributed by atoms with Crippen LogP contribution < -0.4 is 10.6 Å². The van der Waals surface area contributed by atoms with Gasteiger partial charge in [0.2, 0.25) is 5.88 Å². The predicted molar refractivity (Wildman–Crippen MR) is 121 cm³/mol. The molecule has 8 nitrogen and oxygen atoms in total. The monoisotopic (exact) mass is 422 g/mol. The first-order valence-electron chi connectivity index (χ1n) is 10.8. The molecule has 1 fully saturated rings. The van der Waals surface area contributed by atoms with E-state index in [4.69, 9.17) is 15.3 Å². The topological polar surface area (TPSA) is 98.2 Å². The van der Waals surface area contributed by atoms with Crippen molar-refractivity contribution in [2.24, 2.45) is 15.9 Å². The molecule has 0 radical (unpaired) electrons. The SMILES string of the molecule is C/C(=N/N)C(COc1cc2c(cn1)CN(C1CCOCC1)CC2)=Nc1ccc(C)nc1. The Balaban J connectivity index is 1.42. The molecule has 0 amide bonds. The Bertz CT molecular complexity index is 951. The largest absolute Gasteiger partial charge is 0.471 e. The van der Waals surface area contributed by atoms with E-state index in [0.717, 1.165) is 56.9 Å². The summed E-state index contributed by atoms with van der Waals surface area (Å²) in [5, 5.41) is 3.79. The minimum absolute atomic E-state index is 0.237. The van der Waals surface area contributed by atoms with Crippen LogP contribution >= 0.6 is 0 Å². The second-order valence-electron chi connectivity index (χ2n) is 8.07. The van der Waals surface area contributed by atoms with E-state index in [9.17, 15) is 0 Å². The van der Waals surface area contributed by atoms with E-state index < -0.39 is 0 Å². The van der Waals surface area contributed by atoms with Crippen LogP contribution in [-0.4, -0.2) is 58.7 Å². The lowest BCUT2D eigenvalue weighted by Gasteiger charge is -2.37. The number of fused-ring (bicyclic) bond motifs is 1. The van der Waals surface area contributed by atoms with Crippen LogP contribution in [0.15, 0.2) is 40.7 Å². The highest BCUT2D eigenvalue weighted by Crippen LogP contribution is 2.26. The van der Waals surface area contributed by atoms with Crippen LogP contribution in [0.3, 0.4) is 0 Å². The first kappa shape index (κ1) is 21.4. The third-order valence-electron chi connectivity index (χ3n) is 5.93. The fourth-order valence-corrected chi connectivity index (χ4v) is 4.00. The highest BCUT2D eigenvalue weighted by atomic mass is 16.5. The van der Waals surface area contributed by atoms with Crippen LogP contribution in [-0.2, 0) is 17.7 Å². The molecule has 2 N–H and O–H groups in total. The van der Waals surface area contributed by atoms with Crippen molar-refractivity contribution in [3.05, 3.63) is 47.4 Å². The number of aliphatic imine (C=N–C) groups is 1. The fourth-order valence-electron chi connectivity index (χ4n) is 4.00. The number of pyridine rings is 2. The van der Waals surface area contributed by atoms with E-state index in [1.807, 2.05) is 32.2 Å². The van der Waals surface area contributed by atoms with E-state index in [1.54, 1.807) is 6.20 Å². The van der Waals surface area contributed by atoms with Crippen LogP contribution in [0.1, 0.15) is 36.6 Å². The maximum atomic E-state index is 5.97. The van der Waals surface area contributed by atoms with Crippen LogP contribution in [0, 0.1) is 6.92 Å². The van der Waals surface area contributed by atoms with Gasteiger partial charge in [-0.1, -0.05) is 0 Å². The number of nitrogens with zero attached hydrogens (tertiary/aromatic N) is 5. The highest BCUT2D eigenvalue weighted by Gasteiger charge is 2.25. The molecule has 2 aromatic rings. The molecule has 1 saturated heterocycles. The fraction of sp³-hybridized carbons (Fsp3) is 0.478. The number of hydrogen-bond acceptors (Lipinski definition) is 8. The van der Waals surface area contributed by atoms with Gasteiger partial charge in [0, 0.05) is 50.3 Å². The lowest BCUT2D eigenvalue weighted by atomic mass is 9.98. The predicted octanol–water partition coefficient (Wildman–Crippen LogP) is 2.81. The van der Waals surface area contributed by atoms with E-state index in [1.165, 1.54) is 11.1 Å². The number of ether oxygens (including phenoxy) is 2. The van der Waals surface area contributed by atoms with Gasteiger partial charge in [0.25, 0.3) is 0 Å². The van der Waals surface area contributed by atoms with Crippen molar-refractivity contribution in [3.8, 4) is 5.88 Å². The molecule has 0 unspecified atom stereocenters. The highest BCUT2D eigenvalue weighted by molar-refractivity contribution is 6.42. The van der Waals surface area contributed by atoms with Gasteiger partial charge in [0.15, 0.2) is 0 Å².